The van der Waals surface area contributed by atoms with Crippen molar-refractivity contribution in [3.8, 4) is 0 Å². The lowest BCUT2D eigenvalue weighted by molar-refractivity contribution is -0.137. The summed E-state index contributed by atoms with van der Waals surface area (Å²) >= 11 is 0. The van der Waals surface area contributed by atoms with Gasteiger partial charge < -0.3 is 9.64 Å². The second kappa shape index (κ2) is 5.99. The molecule has 0 spiro atoms. The van der Waals surface area contributed by atoms with Gasteiger partial charge in [0.15, 0.2) is 0 Å². The number of hydrogen-bond acceptors (Lipinski definition) is 4. The highest BCUT2D eigenvalue weighted by molar-refractivity contribution is 5.79. The number of amides is 1. The SMILES string of the molecule is O=C(C1CCC1)N1CCC(n2cc(COCC3CC3)nn2)C1. The molecule has 1 aromatic heterocycles. The molecule has 22 heavy (non-hydrogen) atoms. The molecule has 0 radical (unpaired) electrons. The zero-order valence-corrected chi connectivity index (χ0v) is 13.0. The van der Waals surface area contributed by atoms with Crippen LogP contribution >= 0.6 is 0 Å². The second-order valence-electron chi connectivity index (χ2n) is 7.00. The van der Waals surface area contributed by atoms with Gasteiger partial charge in [0.25, 0.3) is 0 Å². The summed E-state index contributed by atoms with van der Waals surface area (Å²) in [5.41, 5.74) is 0.893. The molecule has 3 fully saturated rings. The van der Waals surface area contributed by atoms with E-state index in [4.69, 9.17) is 4.74 Å². The van der Waals surface area contributed by atoms with Gasteiger partial charge >= 0.3 is 0 Å². The first kappa shape index (κ1) is 14.2. The Bertz CT molecular complexity index is 536. The van der Waals surface area contributed by atoms with E-state index >= 15 is 0 Å². The maximum atomic E-state index is 12.3. The van der Waals surface area contributed by atoms with E-state index in [2.05, 4.69) is 10.3 Å². The summed E-state index contributed by atoms with van der Waals surface area (Å²) in [7, 11) is 0. The van der Waals surface area contributed by atoms with Crippen molar-refractivity contribution in [2.45, 2.75) is 51.2 Å². The van der Waals surface area contributed by atoms with Gasteiger partial charge in [-0.15, -0.1) is 5.10 Å². The van der Waals surface area contributed by atoms with Crippen LogP contribution < -0.4 is 0 Å². The number of likely N-dealkylation sites (tertiary alicyclic amines) is 1. The lowest BCUT2D eigenvalue weighted by Crippen LogP contribution is -2.37. The number of ether oxygens (including phenoxy) is 1. The first-order valence-electron chi connectivity index (χ1n) is 8.57. The molecule has 1 aliphatic heterocycles. The molecule has 2 heterocycles. The van der Waals surface area contributed by atoms with E-state index in [1.165, 1.54) is 19.3 Å². The van der Waals surface area contributed by atoms with Crippen LogP contribution in [0.1, 0.15) is 50.3 Å². The van der Waals surface area contributed by atoms with Crippen molar-refractivity contribution in [3.63, 3.8) is 0 Å². The van der Waals surface area contributed by atoms with E-state index in [0.29, 0.717) is 18.4 Å². The van der Waals surface area contributed by atoms with E-state index < -0.39 is 0 Å². The lowest BCUT2D eigenvalue weighted by Gasteiger charge is -2.29. The highest BCUT2D eigenvalue weighted by Gasteiger charge is 2.34. The van der Waals surface area contributed by atoms with Crippen LogP contribution in [0.4, 0.5) is 0 Å². The van der Waals surface area contributed by atoms with Crippen LogP contribution in [-0.2, 0) is 16.1 Å². The maximum absolute atomic E-state index is 12.3. The molecule has 3 aliphatic rings. The summed E-state index contributed by atoms with van der Waals surface area (Å²) in [5, 5.41) is 8.43. The van der Waals surface area contributed by atoms with Gasteiger partial charge in [0.1, 0.15) is 5.69 Å². The Hall–Kier alpha value is -1.43. The van der Waals surface area contributed by atoms with Gasteiger partial charge in [-0.2, -0.15) is 0 Å². The van der Waals surface area contributed by atoms with Crippen LogP contribution in [0.2, 0.25) is 0 Å². The predicted octanol–water partition coefficient (Wildman–Crippen LogP) is 1.78. The highest BCUT2D eigenvalue weighted by atomic mass is 16.5. The number of carbonyl (C=O) groups is 1. The molecule has 6 heteroatoms. The van der Waals surface area contributed by atoms with Gasteiger partial charge in [0.2, 0.25) is 5.91 Å². The van der Waals surface area contributed by atoms with E-state index in [1.54, 1.807) is 0 Å². The van der Waals surface area contributed by atoms with Crippen molar-refractivity contribution in [3.05, 3.63) is 11.9 Å². The zero-order valence-electron chi connectivity index (χ0n) is 13.0. The first-order valence-corrected chi connectivity index (χ1v) is 8.57. The summed E-state index contributed by atoms with van der Waals surface area (Å²) in [5.74, 6) is 1.42. The Labute approximate surface area is 130 Å². The monoisotopic (exact) mass is 304 g/mol. The molecule has 2 aliphatic carbocycles. The van der Waals surface area contributed by atoms with E-state index in [-0.39, 0.29) is 6.04 Å². The molecule has 6 nitrogen and oxygen atoms in total. The molecule has 0 bridgehead atoms. The molecule has 0 N–H and O–H groups in total. The third-order valence-corrected chi connectivity index (χ3v) is 5.16. The summed E-state index contributed by atoms with van der Waals surface area (Å²) < 4.78 is 7.57. The van der Waals surface area contributed by atoms with Crippen LogP contribution in [0, 0.1) is 11.8 Å². The average molecular weight is 304 g/mol. The van der Waals surface area contributed by atoms with Gasteiger partial charge in [0, 0.05) is 25.6 Å². The van der Waals surface area contributed by atoms with Gasteiger partial charge in [-0.25, -0.2) is 4.68 Å². The van der Waals surface area contributed by atoms with E-state index in [9.17, 15) is 4.79 Å². The Morgan fingerprint density at radius 1 is 1.27 bits per heavy atom. The summed E-state index contributed by atoms with van der Waals surface area (Å²) in [6, 6.07) is 0.272. The van der Waals surface area contributed by atoms with Crippen molar-refractivity contribution < 1.29 is 9.53 Å². The highest BCUT2D eigenvalue weighted by Crippen LogP contribution is 2.31. The number of hydrogen-bond donors (Lipinski definition) is 0. The van der Waals surface area contributed by atoms with Gasteiger partial charge in [-0.1, -0.05) is 11.6 Å². The minimum Gasteiger partial charge on any atom is -0.375 e. The minimum atomic E-state index is 0.272. The molecular formula is C16H24N4O2. The van der Waals surface area contributed by atoms with Crippen LogP contribution in [0.25, 0.3) is 0 Å². The Kier molecular flexibility index (Phi) is 3.86. The first-order chi connectivity index (χ1) is 10.8. The smallest absolute Gasteiger partial charge is 0.225 e. The summed E-state index contributed by atoms with van der Waals surface area (Å²) in [6.45, 7) is 3.03. The molecule has 1 aromatic rings. The fourth-order valence-corrected chi connectivity index (χ4v) is 3.24. The van der Waals surface area contributed by atoms with Crippen LogP contribution in [0.3, 0.4) is 0 Å². The minimum absolute atomic E-state index is 0.272. The third-order valence-electron chi connectivity index (χ3n) is 5.16. The molecule has 0 aromatic carbocycles. The molecular weight excluding hydrogens is 280 g/mol. The lowest BCUT2D eigenvalue weighted by atomic mass is 9.84. The zero-order chi connectivity index (χ0) is 14.9. The topological polar surface area (TPSA) is 60.2 Å². The molecule has 1 unspecified atom stereocenters. The third kappa shape index (κ3) is 3.02. The van der Waals surface area contributed by atoms with Crippen molar-refractivity contribution in [2.24, 2.45) is 11.8 Å². The standard InChI is InChI=1S/C16H24N4O2/c21-16(13-2-1-3-13)19-7-6-15(9-19)20-8-14(17-18-20)11-22-10-12-4-5-12/h8,12-13,15H,1-7,9-11H2. The molecule has 2 saturated carbocycles. The van der Waals surface area contributed by atoms with Gasteiger partial charge in [0.05, 0.1) is 18.8 Å². The predicted molar refractivity (Wildman–Crippen MR) is 80.0 cm³/mol. The van der Waals surface area contributed by atoms with Crippen molar-refractivity contribution >= 4 is 5.91 Å². The molecule has 4 rings (SSSR count). The second-order valence-corrected chi connectivity index (χ2v) is 7.00. The van der Waals surface area contributed by atoms with E-state index in [1.807, 2.05) is 15.8 Å². The Balaban J connectivity index is 1.28. The van der Waals surface area contributed by atoms with Crippen molar-refractivity contribution in [1.82, 2.24) is 19.9 Å². The Morgan fingerprint density at radius 3 is 2.86 bits per heavy atom. The quantitative estimate of drug-likeness (QED) is 0.804. The number of rotatable bonds is 6. The van der Waals surface area contributed by atoms with Crippen molar-refractivity contribution in [1.29, 1.82) is 0 Å². The average Bonchev–Trinajstić information content (AvgIpc) is 2.98. The normalized spacial score (nSPS) is 25.5. The fourth-order valence-electron chi connectivity index (χ4n) is 3.24. The number of nitrogens with zero attached hydrogens (tertiary/aromatic N) is 4. The number of carbonyl (C=O) groups excluding carboxylic acids is 1. The Morgan fingerprint density at radius 2 is 2.14 bits per heavy atom. The molecule has 120 valence electrons. The summed E-state index contributed by atoms with van der Waals surface area (Å²) in [6.07, 6.45) is 8.93. The van der Waals surface area contributed by atoms with E-state index in [0.717, 1.165) is 50.6 Å². The largest absolute Gasteiger partial charge is 0.375 e. The number of aromatic nitrogens is 3. The molecule has 1 saturated heterocycles. The van der Waals surface area contributed by atoms with Crippen LogP contribution in [-0.4, -0.2) is 45.5 Å². The summed E-state index contributed by atoms with van der Waals surface area (Å²) in [4.78, 5) is 14.3. The molecule has 1 amide bonds. The van der Waals surface area contributed by atoms with Crippen LogP contribution in [0.15, 0.2) is 6.20 Å². The molecule has 1 atom stereocenters. The van der Waals surface area contributed by atoms with Gasteiger partial charge in [-0.3, -0.25) is 4.79 Å². The van der Waals surface area contributed by atoms with Crippen LogP contribution in [0.5, 0.6) is 0 Å². The van der Waals surface area contributed by atoms with Gasteiger partial charge in [-0.05, 0) is 38.0 Å². The fraction of sp³-hybridized carbons (Fsp3) is 0.812. The maximum Gasteiger partial charge on any atom is 0.225 e. The van der Waals surface area contributed by atoms with Crippen molar-refractivity contribution in [2.75, 3.05) is 19.7 Å².